The van der Waals surface area contributed by atoms with Gasteiger partial charge in [-0.25, -0.2) is 0 Å². The standard InChI is InChI=1S/C15H15ClN2/c1-15(11-5-3-2-4-6-11)10-17-13-8-7-12(16)9-14(13)18-15/h2-9,17-18H,10H2,1H3. The van der Waals surface area contributed by atoms with Gasteiger partial charge in [-0.2, -0.15) is 0 Å². The largest absolute Gasteiger partial charge is 0.381 e. The van der Waals surface area contributed by atoms with Crippen molar-refractivity contribution >= 4 is 23.0 Å². The molecule has 0 saturated carbocycles. The molecule has 0 amide bonds. The third-order valence-corrected chi connectivity index (χ3v) is 3.67. The highest BCUT2D eigenvalue weighted by Gasteiger charge is 2.30. The van der Waals surface area contributed by atoms with Crippen LogP contribution in [-0.2, 0) is 5.54 Å². The predicted octanol–water partition coefficient (Wildman–Crippen LogP) is 4.09. The Morgan fingerprint density at radius 2 is 1.83 bits per heavy atom. The van der Waals surface area contributed by atoms with Gasteiger partial charge in [0, 0.05) is 11.6 Å². The lowest BCUT2D eigenvalue weighted by Crippen LogP contribution is -2.42. The summed E-state index contributed by atoms with van der Waals surface area (Å²) in [4.78, 5) is 0. The van der Waals surface area contributed by atoms with E-state index in [-0.39, 0.29) is 5.54 Å². The van der Waals surface area contributed by atoms with Crippen LogP contribution >= 0.6 is 11.6 Å². The fourth-order valence-corrected chi connectivity index (χ4v) is 2.54. The third kappa shape index (κ3) is 1.93. The van der Waals surface area contributed by atoms with Crippen molar-refractivity contribution in [3.63, 3.8) is 0 Å². The Bertz CT molecular complexity index is 568. The average Bonchev–Trinajstić information content (AvgIpc) is 2.39. The Balaban J connectivity index is 1.99. The fraction of sp³-hybridized carbons (Fsp3) is 0.200. The molecule has 92 valence electrons. The summed E-state index contributed by atoms with van der Waals surface area (Å²) < 4.78 is 0. The van der Waals surface area contributed by atoms with E-state index in [1.54, 1.807) is 0 Å². The van der Waals surface area contributed by atoms with Gasteiger partial charge in [0.15, 0.2) is 0 Å². The van der Waals surface area contributed by atoms with E-state index < -0.39 is 0 Å². The molecule has 2 aromatic rings. The molecule has 2 aromatic carbocycles. The SMILES string of the molecule is CC1(c2ccccc2)CNc2ccc(Cl)cc2N1. The Hall–Kier alpha value is -1.67. The normalized spacial score (nSPS) is 21.7. The molecule has 2 nitrogen and oxygen atoms in total. The van der Waals surface area contributed by atoms with Gasteiger partial charge in [-0.1, -0.05) is 41.9 Å². The van der Waals surface area contributed by atoms with E-state index in [1.807, 2.05) is 24.3 Å². The number of fused-ring (bicyclic) bond motifs is 1. The first-order valence-electron chi connectivity index (χ1n) is 6.04. The summed E-state index contributed by atoms with van der Waals surface area (Å²) in [5.41, 5.74) is 3.31. The number of rotatable bonds is 1. The van der Waals surface area contributed by atoms with Gasteiger partial charge in [-0.3, -0.25) is 0 Å². The number of benzene rings is 2. The van der Waals surface area contributed by atoms with Gasteiger partial charge in [-0.05, 0) is 30.7 Å². The molecule has 2 N–H and O–H groups in total. The molecule has 0 aromatic heterocycles. The van der Waals surface area contributed by atoms with Crippen molar-refractivity contribution in [2.45, 2.75) is 12.5 Å². The molecule has 0 aliphatic carbocycles. The van der Waals surface area contributed by atoms with Crippen molar-refractivity contribution in [2.24, 2.45) is 0 Å². The van der Waals surface area contributed by atoms with Gasteiger partial charge >= 0.3 is 0 Å². The van der Waals surface area contributed by atoms with Gasteiger partial charge in [0.05, 0.1) is 16.9 Å². The molecule has 0 radical (unpaired) electrons. The van der Waals surface area contributed by atoms with E-state index in [0.29, 0.717) is 0 Å². The molecule has 3 rings (SSSR count). The highest BCUT2D eigenvalue weighted by Crippen LogP contribution is 2.36. The first kappa shape index (κ1) is 11.4. The number of halogens is 1. The van der Waals surface area contributed by atoms with Crippen LogP contribution in [-0.4, -0.2) is 6.54 Å². The van der Waals surface area contributed by atoms with Crippen molar-refractivity contribution in [2.75, 3.05) is 17.2 Å². The molecule has 3 heteroatoms. The van der Waals surface area contributed by atoms with E-state index >= 15 is 0 Å². The molecular weight excluding hydrogens is 244 g/mol. The molecule has 0 spiro atoms. The van der Waals surface area contributed by atoms with E-state index in [4.69, 9.17) is 11.6 Å². The van der Waals surface area contributed by atoms with Gasteiger partial charge in [-0.15, -0.1) is 0 Å². The van der Waals surface area contributed by atoms with Gasteiger partial charge < -0.3 is 10.6 Å². The molecule has 0 bridgehead atoms. The predicted molar refractivity (Wildman–Crippen MR) is 77.4 cm³/mol. The van der Waals surface area contributed by atoms with E-state index in [2.05, 4.69) is 41.8 Å². The van der Waals surface area contributed by atoms with Gasteiger partial charge in [0.1, 0.15) is 0 Å². The Labute approximate surface area is 112 Å². The lowest BCUT2D eigenvalue weighted by atomic mass is 9.89. The zero-order valence-corrected chi connectivity index (χ0v) is 11.0. The van der Waals surface area contributed by atoms with Crippen molar-refractivity contribution in [1.82, 2.24) is 0 Å². The molecule has 0 fully saturated rings. The number of hydrogen-bond donors (Lipinski definition) is 2. The van der Waals surface area contributed by atoms with Gasteiger partial charge in [0.2, 0.25) is 0 Å². The molecule has 1 atom stereocenters. The highest BCUT2D eigenvalue weighted by atomic mass is 35.5. The van der Waals surface area contributed by atoms with Crippen molar-refractivity contribution < 1.29 is 0 Å². The second-order valence-electron chi connectivity index (χ2n) is 4.87. The first-order valence-corrected chi connectivity index (χ1v) is 6.42. The lowest BCUT2D eigenvalue weighted by Gasteiger charge is -2.38. The first-order chi connectivity index (χ1) is 8.67. The number of nitrogens with one attached hydrogen (secondary N) is 2. The molecule has 0 saturated heterocycles. The zero-order chi connectivity index (χ0) is 12.6. The van der Waals surface area contributed by atoms with E-state index in [0.717, 1.165) is 22.9 Å². The Morgan fingerprint density at radius 1 is 1.06 bits per heavy atom. The summed E-state index contributed by atoms with van der Waals surface area (Å²) in [7, 11) is 0. The van der Waals surface area contributed by atoms with Crippen molar-refractivity contribution in [3.8, 4) is 0 Å². The minimum Gasteiger partial charge on any atom is -0.381 e. The molecule has 18 heavy (non-hydrogen) atoms. The van der Waals surface area contributed by atoms with Crippen LogP contribution < -0.4 is 10.6 Å². The minimum atomic E-state index is -0.112. The lowest BCUT2D eigenvalue weighted by molar-refractivity contribution is 0.565. The summed E-state index contributed by atoms with van der Waals surface area (Å²) in [6.07, 6.45) is 0. The topological polar surface area (TPSA) is 24.1 Å². The van der Waals surface area contributed by atoms with Crippen LogP contribution in [0.1, 0.15) is 12.5 Å². The maximum Gasteiger partial charge on any atom is 0.0770 e. The number of anilines is 2. The van der Waals surface area contributed by atoms with Crippen LogP contribution in [0.25, 0.3) is 0 Å². The molecule has 1 aliphatic rings. The summed E-state index contributed by atoms with van der Waals surface area (Å²) in [5, 5.41) is 7.79. The summed E-state index contributed by atoms with van der Waals surface area (Å²) in [6, 6.07) is 16.3. The van der Waals surface area contributed by atoms with Crippen LogP contribution in [0.5, 0.6) is 0 Å². The fourth-order valence-electron chi connectivity index (χ4n) is 2.37. The average molecular weight is 259 g/mol. The maximum absolute atomic E-state index is 6.05. The van der Waals surface area contributed by atoms with E-state index in [9.17, 15) is 0 Å². The second-order valence-corrected chi connectivity index (χ2v) is 5.30. The minimum absolute atomic E-state index is 0.112. The highest BCUT2D eigenvalue weighted by molar-refractivity contribution is 6.31. The maximum atomic E-state index is 6.05. The van der Waals surface area contributed by atoms with E-state index in [1.165, 1.54) is 5.56 Å². The number of hydrogen-bond acceptors (Lipinski definition) is 2. The monoisotopic (exact) mass is 258 g/mol. The van der Waals surface area contributed by atoms with Crippen molar-refractivity contribution in [1.29, 1.82) is 0 Å². The van der Waals surface area contributed by atoms with Crippen LogP contribution in [0.2, 0.25) is 5.02 Å². The molecule has 1 unspecified atom stereocenters. The molecule has 1 heterocycles. The summed E-state index contributed by atoms with van der Waals surface area (Å²) >= 11 is 6.05. The van der Waals surface area contributed by atoms with Gasteiger partial charge in [0.25, 0.3) is 0 Å². The van der Waals surface area contributed by atoms with Crippen molar-refractivity contribution in [3.05, 3.63) is 59.1 Å². The third-order valence-electron chi connectivity index (χ3n) is 3.44. The van der Waals surface area contributed by atoms with Crippen LogP contribution in [0.15, 0.2) is 48.5 Å². The van der Waals surface area contributed by atoms with Crippen LogP contribution in [0, 0.1) is 0 Å². The Kier molecular flexibility index (Phi) is 2.67. The summed E-state index contributed by atoms with van der Waals surface area (Å²) in [5.74, 6) is 0. The second kappa shape index (κ2) is 4.21. The molecular formula is C15H15ClN2. The molecule has 1 aliphatic heterocycles. The smallest absolute Gasteiger partial charge is 0.0770 e. The summed E-state index contributed by atoms with van der Waals surface area (Å²) in [6.45, 7) is 3.05. The quantitative estimate of drug-likeness (QED) is 0.805. The van der Waals surface area contributed by atoms with Crippen LogP contribution in [0.3, 0.4) is 0 Å². The zero-order valence-electron chi connectivity index (χ0n) is 10.2. The Morgan fingerprint density at radius 3 is 2.61 bits per heavy atom. The van der Waals surface area contributed by atoms with Crippen LogP contribution in [0.4, 0.5) is 11.4 Å².